The zero-order chi connectivity index (χ0) is 13.8. The lowest BCUT2D eigenvalue weighted by Gasteiger charge is -2.10. The van der Waals surface area contributed by atoms with E-state index in [2.05, 4.69) is 9.97 Å². The summed E-state index contributed by atoms with van der Waals surface area (Å²) in [7, 11) is 0. The molecule has 19 heavy (non-hydrogen) atoms. The molecule has 0 atom stereocenters. The first kappa shape index (κ1) is 13.8. The SMILES string of the molecule is CCc1nc(Cl)cc(-c2ccc(OC(C)C)cc2)n1. The molecule has 0 amide bonds. The number of hydrogen-bond acceptors (Lipinski definition) is 3. The maximum absolute atomic E-state index is 6.00. The van der Waals surface area contributed by atoms with Crippen LogP contribution in [0.25, 0.3) is 11.3 Å². The molecule has 0 saturated heterocycles. The van der Waals surface area contributed by atoms with Gasteiger partial charge < -0.3 is 4.74 Å². The van der Waals surface area contributed by atoms with Gasteiger partial charge in [0.2, 0.25) is 0 Å². The second kappa shape index (κ2) is 6.02. The molecule has 0 aliphatic carbocycles. The zero-order valence-corrected chi connectivity index (χ0v) is 12.1. The first-order valence-corrected chi connectivity index (χ1v) is 6.77. The van der Waals surface area contributed by atoms with Crippen molar-refractivity contribution in [3.8, 4) is 17.0 Å². The Hall–Kier alpha value is -1.61. The molecule has 0 spiro atoms. The van der Waals surface area contributed by atoms with E-state index in [4.69, 9.17) is 16.3 Å². The summed E-state index contributed by atoms with van der Waals surface area (Å²) in [6, 6.07) is 9.62. The van der Waals surface area contributed by atoms with Crippen molar-refractivity contribution in [1.82, 2.24) is 9.97 Å². The Kier molecular flexibility index (Phi) is 4.38. The summed E-state index contributed by atoms with van der Waals surface area (Å²) in [6.45, 7) is 6.02. The lowest BCUT2D eigenvalue weighted by Crippen LogP contribution is -2.05. The Bertz CT molecular complexity index is 553. The minimum atomic E-state index is 0.172. The fourth-order valence-corrected chi connectivity index (χ4v) is 1.95. The molecule has 0 fully saturated rings. The minimum absolute atomic E-state index is 0.172. The number of hydrogen-bond donors (Lipinski definition) is 0. The molecule has 0 aliphatic heterocycles. The number of ether oxygens (including phenoxy) is 1. The van der Waals surface area contributed by atoms with E-state index in [1.54, 1.807) is 6.07 Å². The monoisotopic (exact) mass is 276 g/mol. The van der Waals surface area contributed by atoms with E-state index in [-0.39, 0.29) is 6.10 Å². The molecule has 1 aromatic heterocycles. The second-order valence-corrected chi connectivity index (χ2v) is 4.92. The van der Waals surface area contributed by atoms with Crippen LogP contribution in [0.2, 0.25) is 5.15 Å². The van der Waals surface area contributed by atoms with Gasteiger partial charge in [0.05, 0.1) is 11.8 Å². The van der Waals surface area contributed by atoms with Gasteiger partial charge in [0.1, 0.15) is 16.7 Å². The van der Waals surface area contributed by atoms with Crippen LogP contribution in [0.15, 0.2) is 30.3 Å². The molecule has 1 aromatic carbocycles. The largest absolute Gasteiger partial charge is 0.491 e. The Morgan fingerprint density at radius 2 is 1.84 bits per heavy atom. The van der Waals surface area contributed by atoms with Crippen molar-refractivity contribution in [2.75, 3.05) is 0 Å². The predicted octanol–water partition coefficient (Wildman–Crippen LogP) is 4.15. The van der Waals surface area contributed by atoms with Gasteiger partial charge in [-0.05, 0) is 38.1 Å². The van der Waals surface area contributed by atoms with E-state index < -0.39 is 0 Å². The van der Waals surface area contributed by atoms with Crippen LogP contribution in [0.3, 0.4) is 0 Å². The van der Waals surface area contributed by atoms with Crippen LogP contribution in [-0.2, 0) is 6.42 Å². The summed E-state index contributed by atoms with van der Waals surface area (Å²) in [5, 5.41) is 0.476. The number of rotatable bonds is 4. The number of benzene rings is 1. The quantitative estimate of drug-likeness (QED) is 0.787. The van der Waals surface area contributed by atoms with E-state index in [0.29, 0.717) is 5.15 Å². The molecule has 0 bridgehead atoms. The molecule has 0 N–H and O–H groups in total. The van der Waals surface area contributed by atoms with Crippen molar-refractivity contribution in [2.45, 2.75) is 33.3 Å². The standard InChI is InChI=1S/C15H17ClN2O/c1-4-15-17-13(9-14(16)18-15)11-5-7-12(8-6-11)19-10(2)3/h5-10H,4H2,1-3H3. The molecule has 0 saturated carbocycles. The van der Waals surface area contributed by atoms with Crippen molar-refractivity contribution >= 4 is 11.6 Å². The number of halogens is 1. The Balaban J connectivity index is 2.29. The molecule has 0 unspecified atom stereocenters. The number of nitrogens with zero attached hydrogens (tertiary/aromatic N) is 2. The summed E-state index contributed by atoms with van der Waals surface area (Å²) in [6.07, 6.45) is 0.938. The van der Waals surface area contributed by atoms with E-state index in [1.807, 2.05) is 45.0 Å². The normalized spacial score (nSPS) is 10.8. The Labute approximate surface area is 118 Å². The average molecular weight is 277 g/mol. The average Bonchev–Trinajstić information content (AvgIpc) is 2.38. The fourth-order valence-electron chi connectivity index (χ4n) is 1.75. The lowest BCUT2D eigenvalue weighted by atomic mass is 10.1. The van der Waals surface area contributed by atoms with Crippen molar-refractivity contribution in [2.24, 2.45) is 0 Å². The molecule has 0 radical (unpaired) electrons. The van der Waals surface area contributed by atoms with E-state index in [1.165, 1.54) is 0 Å². The third kappa shape index (κ3) is 3.67. The highest BCUT2D eigenvalue weighted by Crippen LogP contribution is 2.23. The molecule has 0 aliphatic rings. The molecule has 3 nitrogen and oxygen atoms in total. The van der Waals surface area contributed by atoms with E-state index >= 15 is 0 Å². The first-order valence-electron chi connectivity index (χ1n) is 6.39. The molecule has 1 heterocycles. The highest BCUT2D eigenvalue weighted by atomic mass is 35.5. The molecular weight excluding hydrogens is 260 g/mol. The van der Waals surface area contributed by atoms with Crippen LogP contribution in [0.5, 0.6) is 5.75 Å². The van der Waals surface area contributed by atoms with Crippen LogP contribution < -0.4 is 4.74 Å². The van der Waals surface area contributed by atoms with Crippen molar-refractivity contribution in [3.05, 3.63) is 41.3 Å². The van der Waals surface area contributed by atoms with Crippen molar-refractivity contribution in [3.63, 3.8) is 0 Å². The van der Waals surface area contributed by atoms with E-state index in [0.717, 1.165) is 29.3 Å². The smallest absolute Gasteiger partial charge is 0.133 e. The Morgan fingerprint density at radius 1 is 1.16 bits per heavy atom. The summed E-state index contributed by atoms with van der Waals surface area (Å²) < 4.78 is 5.61. The van der Waals surface area contributed by atoms with Crippen LogP contribution in [0.1, 0.15) is 26.6 Å². The van der Waals surface area contributed by atoms with Gasteiger partial charge >= 0.3 is 0 Å². The van der Waals surface area contributed by atoms with Gasteiger partial charge in [-0.2, -0.15) is 0 Å². The van der Waals surface area contributed by atoms with Crippen molar-refractivity contribution in [1.29, 1.82) is 0 Å². The fraction of sp³-hybridized carbons (Fsp3) is 0.333. The van der Waals surface area contributed by atoms with Crippen LogP contribution in [-0.4, -0.2) is 16.1 Å². The summed E-state index contributed by atoms with van der Waals surface area (Å²) in [5.41, 5.74) is 1.85. The van der Waals surface area contributed by atoms with Crippen LogP contribution in [0.4, 0.5) is 0 Å². The zero-order valence-electron chi connectivity index (χ0n) is 11.4. The highest BCUT2D eigenvalue weighted by Gasteiger charge is 2.05. The third-order valence-corrected chi connectivity index (χ3v) is 2.77. The summed E-state index contributed by atoms with van der Waals surface area (Å²) >= 11 is 6.00. The van der Waals surface area contributed by atoms with Gasteiger partial charge in [0, 0.05) is 18.1 Å². The summed E-state index contributed by atoms with van der Waals surface area (Å²) in [4.78, 5) is 8.64. The maximum Gasteiger partial charge on any atom is 0.133 e. The summed E-state index contributed by atoms with van der Waals surface area (Å²) in [5.74, 6) is 1.61. The van der Waals surface area contributed by atoms with Crippen LogP contribution >= 0.6 is 11.6 Å². The van der Waals surface area contributed by atoms with E-state index in [9.17, 15) is 0 Å². The molecular formula is C15H17ClN2O. The number of aryl methyl sites for hydroxylation is 1. The minimum Gasteiger partial charge on any atom is -0.491 e. The van der Waals surface area contributed by atoms with Gasteiger partial charge in [0.25, 0.3) is 0 Å². The van der Waals surface area contributed by atoms with Gasteiger partial charge in [0.15, 0.2) is 0 Å². The van der Waals surface area contributed by atoms with Crippen LogP contribution in [0, 0.1) is 0 Å². The van der Waals surface area contributed by atoms with Gasteiger partial charge in [-0.25, -0.2) is 9.97 Å². The Morgan fingerprint density at radius 3 is 2.42 bits per heavy atom. The lowest BCUT2D eigenvalue weighted by molar-refractivity contribution is 0.242. The van der Waals surface area contributed by atoms with Gasteiger partial charge in [-0.15, -0.1) is 0 Å². The van der Waals surface area contributed by atoms with Gasteiger partial charge in [-0.3, -0.25) is 0 Å². The maximum atomic E-state index is 6.00. The third-order valence-electron chi connectivity index (χ3n) is 2.58. The molecule has 4 heteroatoms. The molecule has 100 valence electrons. The highest BCUT2D eigenvalue weighted by molar-refractivity contribution is 6.29. The number of aromatic nitrogens is 2. The first-order chi connectivity index (χ1) is 9.08. The molecule has 2 aromatic rings. The molecule has 2 rings (SSSR count). The predicted molar refractivity (Wildman–Crippen MR) is 77.6 cm³/mol. The second-order valence-electron chi connectivity index (χ2n) is 4.54. The topological polar surface area (TPSA) is 35.0 Å². The van der Waals surface area contributed by atoms with Gasteiger partial charge in [-0.1, -0.05) is 18.5 Å². The van der Waals surface area contributed by atoms with Crippen molar-refractivity contribution < 1.29 is 4.74 Å².